The molecule has 0 radical (unpaired) electrons. The molecule has 0 amide bonds. The van der Waals surface area contributed by atoms with Crippen LogP contribution in [0, 0.1) is 29.4 Å². The number of terminal acetylenes is 1. The van der Waals surface area contributed by atoms with Gasteiger partial charge >= 0.3 is 6.01 Å². The van der Waals surface area contributed by atoms with E-state index < -0.39 is 11.6 Å². The highest BCUT2D eigenvalue weighted by atomic mass is 19.1. The number of nitrogens with zero attached hydrogens (tertiary/aromatic N) is 4. The summed E-state index contributed by atoms with van der Waals surface area (Å²) in [7, 11) is 0. The fraction of sp³-hybridized carbons (Fsp3) is 0.459. The first-order valence-corrected chi connectivity index (χ1v) is 16.8. The monoisotopic (exact) mass is 637 g/mol. The number of phenols is 1. The van der Waals surface area contributed by atoms with Gasteiger partial charge in [0.25, 0.3) is 0 Å². The minimum atomic E-state index is -0.598. The molecule has 4 aliphatic heterocycles. The van der Waals surface area contributed by atoms with Crippen molar-refractivity contribution in [3.8, 4) is 35.2 Å². The predicted molar refractivity (Wildman–Crippen MR) is 176 cm³/mol. The summed E-state index contributed by atoms with van der Waals surface area (Å²) in [5.74, 6) is 1.83. The molecule has 1 saturated carbocycles. The van der Waals surface area contributed by atoms with Crippen LogP contribution in [0.4, 0.5) is 14.6 Å². The lowest BCUT2D eigenvalue weighted by atomic mass is 9.93. The van der Waals surface area contributed by atoms with Crippen molar-refractivity contribution in [3.05, 3.63) is 53.6 Å². The molecule has 4 aromatic rings. The van der Waals surface area contributed by atoms with Gasteiger partial charge in [-0.2, -0.15) is 9.97 Å². The van der Waals surface area contributed by atoms with Gasteiger partial charge in [0.15, 0.2) is 5.82 Å². The number of benzene rings is 3. The van der Waals surface area contributed by atoms with Crippen molar-refractivity contribution in [1.29, 1.82) is 0 Å². The second-order valence-electron chi connectivity index (χ2n) is 14.2. The van der Waals surface area contributed by atoms with Crippen LogP contribution >= 0.6 is 0 Å². The summed E-state index contributed by atoms with van der Waals surface area (Å²) in [5.41, 5.74) is 0.634. The second-order valence-corrected chi connectivity index (χ2v) is 14.2. The fourth-order valence-electron chi connectivity index (χ4n) is 8.49. The Bertz CT molecular complexity index is 1930. The first kappa shape index (κ1) is 29.1. The van der Waals surface area contributed by atoms with Crippen LogP contribution in [-0.4, -0.2) is 83.6 Å². The summed E-state index contributed by atoms with van der Waals surface area (Å²) in [5, 5.41) is 15.7. The van der Waals surface area contributed by atoms with Crippen LogP contribution in [0.1, 0.15) is 44.1 Å². The van der Waals surface area contributed by atoms with Gasteiger partial charge in [0.1, 0.15) is 22.9 Å². The maximum Gasteiger partial charge on any atom is 0.319 e. The largest absolute Gasteiger partial charge is 0.508 e. The molecule has 47 heavy (non-hydrogen) atoms. The third kappa shape index (κ3) is 4.98. The Labute approximate surface area is 272 Å². The second kappa shape index (κ2) is 11.0. The minimum Gasteiger partial charge on any atom is -0.508 e. The number of hydrogen-bond donors (Lipinski definition) is 2. The Morgan fingerprint density at radius 3 is 2.49 bits per heavy atom. The highest BCUT2D eigenvalue weighted by Crippen LogP contribution is 2.49. The summed E-state index contributed by atoms with van der Waals surface area (Å²) >= 11 is 0. The maximum absolute atomic E-state index is 16.9. The number of halogens is 2. The van der Waals surface area contributed by atoms with Gasteiger partial charge < -0.3 is 24.8 Å². The normalized spacial score (nSPS) is 26.2. The molecular formula is C37H37F2N5O3. The lowest BCUT2D eigenvalue weighted by molar-refractivity contribution is -0.0271. The molecule has 4 bridgehead atoms. The van der Waals surface area contributed by atoms with E-state index in [-0.39, 0.29) is 33.8 Å². The molecule has 242 valence electrons. The van der Waals surface area contributed by atoms with Crippen molar-refractivity contribution < 1.29 is 23.4 Å². The van der Waals surface area contributed by atoms with E-state index in [4.69, 9.17) is 25.9 Å². The van der Waals surface area contributed by atoms with E-state index in [2.05, 4.69) is 21.0 Å². The van der Waals surface area contributed by atoms with Gasteiger partial charge in [-0.1, -0.05) is 18.1 Å². The van der Waals surface area contributed by atoms with Crippen molar-refractivity contribution in [1.82, 2.24) is 20.2 Å². The highest BCUT2D eigenvalue weighted by molar-refractivity contribution is 6.04. The van der Waals surface area contributed by atoms with Crippen molar-refractivity contribution in [2.75, 3.05) is 44.4 Å². The fourth-order valence-corrected chi connectivity index (χ4v) is 8.49. The molecule has 5 fully saturated rings. The van der Waals surface area contributed by atoms with Crippen LogP contribution in [0.25, 0.3) is 32.8 Å². The minimum absolute atomic E-state index is 0.0177. The maximum atomic E-state index is 16.9. The number of morpholine rings is 1. The average Bonchev–Trinajstić information content (AvgIpc) is 3.72. The average molecular weight is 638 g/mol. The number of ether oxygens (including phenoxy) is 2. The number of aromatic hydroxyl groups is 1. The molecule has 4 saturated heterocycles. The summed E-state index contributed by atoms with van der Waals surface area (Å²) in [4.78, 5) is 14.5. The number of piperazine rings is 1. The number of rotatable bonds is 7. The Morgan fingerprint density at radius 1 is 1.00 bits per heavy atom. The number of fused-ring (bicyclic) bond motifs is 6. The molecule has 10 heteroatoms. The smallest absolute Gasteiger partial charge is 0.319 e. The number of aromatic nitrogens is 2. The van der Waals surface area contributed by atoms with Gasteiger partial charge in [0.2, 0.25) is 0 Å². The third-order valence-corrected chi connectivity index (χ3v) is 11.1. The van der Waals surface area contributed by atoms with Gasteiger partial charge in [-0.15, -0.1) is 6.42 Å². The van der Waals surface area contributed by atoms with Crippen LogP contribution in [0.3, 0.4) is 0 Å². The number of phenolic OH excluding ortho intramolecular Hbond substituents is 1. The van der Waals surface area contributed by atoms with E-state index in [0.29, 0.717) is 58.3 Å². The summed E-state index contributed by atoms with van der Waals surface area (Å²) < 4.78 is 44.0. The van der Waals surface area contributed by atoms with E-state index >= 15 is 4.39 Å². The van der Waals surface area contributed by atoms with E-state index in [1.54, 1.807) is 6.07 Å². The molecular weight excluding hydrogens is 600 g/mol. The zero-order chi connectivity index (χ0) is 31.9. The van der Waals surface area contributed by atoms with Gasteiger partial charge in [-0.05, 0) is 73.7 Å². The molecule has 1 aliphatic carbocycles. The van der Waals surface area contributed by atoms with Gasteiger partial charge in [0, 0.05) is 65.6 Å². The molecule has 5 aliphatic rings. The Kier molecular flexibility index (Phi) is 6.82. The Hall–Kier alpha value is -4.04. The molecule has 8 nitrogen and oxygen atoms in total. The topological polar surface area (TPSA) is 83.0 Å². The predicted octanol–water partition coefficient (Wildman–Crippen LogP) is 5.38. The van der Waals surface area contributed by atoms with Crippen molar-refractivity contribution in [2.45, 2.75) is 62.7 Å². The van der Waals surface area contributed by atoms with E-state index in [1.807, 2.05) is 6.07 Å². The molecule has 9 rings (SSSR count). The van der Waals surface area contributed by atoms with Crippen molar-refractivity contribution >= 4 is 27.5 Å². The van der Waals surface area contributed by atoms with Crippen LogP contribution in [0.5, 0.6) is 11.8 Å². The first-order chi connectivity index (χ1) is 22.9. The van der Waals surface area contributed by atoms with Gasteiger partial charge in [0.05, 0.1) is 25.4 Å². The SMILES string of the molecule is C#Cc1c(F)ccc2cc(O)cc(-c3ccc4c(N5CC6CCC(C5)N6)nc(OCC5(CN6C7CCC6COC7)CC5)nc4c3F)c12. The van der Waals surface area contributed by atoms with E-state index in [0.717, 1.165) is 58.5 Å². The number of anilines is 1. The van der Waals surface area contributed by atoms with Crippen LogP contribution in [-0.2, 0) is 4.74 Å². The zero-order valence-electron chi connectivity index (χ0n) is 26.1. The molecule has 5 heterocycles. The van der Waals surface area contributed by atoms with Crippen molar-refractivity contribution in [2.24, 2.45) is 5.41 Å². The zero-order valence-corrected chi connectivity index (χ0v) is 26.1. The third-order valence-electron chi connectivity index (χ3n) is 11.1. The van der Waals surface area contributed by atoms with E-state index in [1.165, 1.54) is 37.1 Å². The molecule has 1 aromatic heterocycles. The van der Waals surface area contributed by atoms with E-state index in [9.17, 15) is 9.50 Å². The van der Waals surface area contributed by atoms with Crippen molar-refractivity contribution in [3.63, 3.8) is 0 Å². The number of nitrogens with one attached hydrogen (secondary N) is 1. The molecule has 3 aromatic carbocycles. The highest BCUT2D eigenvalue weighted by Gasteiger charge is 2.49. The van der Waals surface area contributed by atoms with Gasteiger partial charge in [-0.3, -0.25) is 4.90 Å². The summed E-state index contributed by atoms with van der Waals surface area (Å²) in [6.45, 7) is 4.54. The first-order valence-electron chi connectivity index (χ1n) is 16.8. The Morgan fingerprint density at radius 2 is 1.77 bits per heavy atom. The number of hydrogen-bond acceptors (Lipinski definition) is 8. The quantitative estimate of drug-likeness (QED) is 0.262. The van der Waals surface area contributed by atoms with Crippen LogP contribution in [0.2, 0.25) is 0 Å². The van der Waals surface area contributed by atoms with Crippen LogP contribution in [0.15, 0.2) is 36.4 Å². The lowest BCUT2D eigenvalue weighted by Crippen LogP contribution is -2.51. The summed E-state index contributed by atoms with van der Waals surface area (Å²) in [6, 6.07) is 11.0. The van der Waals surface area contributed by atoms with Gasteiger partial charge in [-0.25, -0.2) is 8.78 Å². The molecule has 4 atom stereocenters. The standard InChI is InChI=1S/C37H37F2N5O3/c1-2-27-31(38)10-3-21-13-26(45)14-30(32(21)27)28-8-9-29-34(33(28)39)41-36(42-35(29)43-15-22-4-5-23(16-43)40-22)47-20-37(11-12-37)19-44-24-6-7-25(44)18-46-17-24/h1,3,8-10,13-14,22-25,40,45H,4-7,11-12,15-20H2. The Balaban J connectivity index is 1.12. The van der Waals surface area contributed by atoms with Crippen LogP contribution < -0.4 is 15.0 Å². The summed E-state index contributed by atoms with van der Waals surface area (Å²) in [6.07, 6.45) is 12.4. The molecule has 2 N–H and O–H groups in total. The lowest BCUT2D eigenvalue weighted by Gasteiger charge is -2.37. The molecule has 4 unspecified atom stereocenters. The molecule has 0 spiro atoms.